The lowest BCUT2D eigenvalue weighted by Gasteiger charge is -2.17. The van der Waals surface area contributed by atoms with Crippen LogP contribution in [0.4, 0.5) is 5.69 Å². The molecule has 0 bridgehead atoms. The van der Waals surface area contributed by atoms with Gasteiger partial charge in [-0.15, -0.1) is 0 Å². The zero-order valence-corrected chi connectivity index (χ0v) is 12.9. The minimum atomic E-state index is -3.49. The molecule has 2 unspecified atom stereocenters. The first-order chi connectivity index (χ1) is 9.93. The van der Waals surface area contributed by atoms with Crippen LogP contribution in [-0.2, 0) is 14.8 Å². The summed E-state index contributed by atoms with van der Waals surface area (Å²) in [6.07, 6.45) is 0.817. The van der Waals surface area contributed by atoms with Crippen LogP contribution in [-0.4, -0.2) is 44.8 Å². The van der Waals surface area contributed by atoms with Crippen molar-refractivity contribution in [3.8, 4) is 0 Å². The summed E-state index contributed by atoms with van der Waals surface area (Å²) in [5.74, 6) is -0.394. The molecule has 0 spiro atoms. The fraction of sp³-hybridized carbons (Fsp3) is 0.500. The SMILES string of the molecule is CNC1CCN(S(=O)(=O)c2ccc3c(c2)C(C)C(=O)N3)C1. The first-order valence-electron chi connectivity index (χ1n) is 7.05. The second-order valence-electron chi connectivity index (χ2n) is 5.60. The lowest BCUT2D eigenvalue weighted by Crippen LogP contribution is -2.33. The molecule has 7 heteroatoms. The van der Waals surface area contributed by atoms with Gasteiger partial charge in [-0.1, -0.05) is 0 Å². The van der Waals surface area contributed by atoms with Crippen LogP contribution in [0.1, 0.15) is 24.8 Å². The highest BCUT2D eigenvalue weighted by Gasteiger charge is 2.34. The summed E-state index contributed by atoms with van der Waals surface area (Å²) in [5.41, 5.74) is 1.46. The smallest absolute Gasteiger partial charge is 0.243 e. The number of likely N-dealkylation sites (N-methyl/N-ethyl adjacent to an activating group) is 1. The molecule has 2 atom stereocenters. The molecule has 2 N–H and O–H groups in total. The van der Waals surface area contributed by atoms with Crippen molar-refractivity contribution in [1.82, 2.24) is 9.62 Å². The van der Waals surface area contributed by atoms with Crippen LogP contribution in [0.2, 0.25) is 0 Å². The third-order valence-electron chi connectivity index (χ3n) is 4.34. The molecule has 1 aromatic carbocycles. The van der Waals surface area contributed by atoms with Gasteiger partial charge in [0.25, 0.3) is 0 Å². The highest BCUT2D eigenvalue weighted by molar-refractivity contribution is 7.89. The molecule has 114 valence electrons. The summed E-state index contributed by atoms with van der Waals surface area (Å²) >= 11 is 0. The van der Waals surface area contributed by atoms with Crippen molar-refractivity contribution in [1.29, 1.82) is 0 Å². The summed E-state index contributed by atoms with van der Waals surface area (Å²) < 4.78 is 26.9. The first-order valence-corrected chi connectivity index (χ1v) is 8.49. The number of nitrogens with one attached hydrogen (secondary N) is 2. The Bertz CT molecular complexity index is 687. The fourth-order valence-corrected chi connectivity index (χ4v) is 4.42. The van der Waals surface area contributed by atoms with Gasteiger partial charge < -0.3 is 10.6 Å². The van der Waals surface area contributed by atoms with Crippen molar-refractivity contribution in [3.63, 3.8) is 0 Å². The number of carbonyl (C=O) groups excluding carboxylic acids is 1. The van der Waals surface area contributed by atoms with E-state index in [0.29, 0.717) is 18.8 Å². The van der Waals surface area contributed by atoms with Gasteiger partial charge in [-0.2, -0.15) is 4.31 Å². The molecular formula is C14H19N3O3S. The number of rotatable bonds is 3. The summed E-state index contributed by atoms with van der Waals surface area (Å²) in [6, 6.07) is 5.07. The molecule has 1 saturated heterocycles. The number of carbonyl (C=O) groups is 1. The Kier molecular flexibility index (Phi) is 3.51. The van der Waals surface area contributed by atoms with Crippen molar-refractivity contribution in [2.45, 2.75) is 30.2 Å². The van der Waals surface area contributed by atoms with E-state index >= 15 is 0 Å². The molecule has 2 aliphatic heterocycles. The van der Waals surface area contributed by atoms with Crippen LogP contribution in [0, 0.1) is 0 Å². The summed E-state index contributed by atoms with van der Waals surface area (Å²) in [5, 5.41) is 5.87. The van der Waals surface area contributed by atoms with E-state index in [4.69, 9.17) is 0 Å². The summed E-state index contributed by atoms with van der Waals surface area (Å²) in [6.45, 7) is 2.80. The number of fused-ring (bicyclic) bond motifs is 1. The first kappa shape index (κ1) is 14.5. The number of hydrogen-bond donors (Lipinski definition) is 2. The largest absolute Gasteiger partial charge is 0.325 e. The van der Waals surface area contributed by atoms with Gasteiger partial charge in [0, 0.05) is 24.8 Å². The molecule has 2 heterocycles. The highest BCUT2D eigenvalue weighted by atomic mass is 32.2. The van der Waals surface area contributed by atoms with Crippen molar-refractivity contribution >= 4 is 21.6 Å². The van der Waals surface area contributed by atoms with Gasteiger partial charge >= 0.3 is 0 Å². The zero-order valence-electron chi connectivity index (χ0n) is 12.1. The van der Waals surface area contributed by atoms with Gasteiger partial charge in [-0.3, -0.25) is 4.79 Å². The number of benzene rings is 1. The van der Waals surface area contributed by atoms with Crippen molar-refractivity contribution in [2.75, 3.05) is 25.5 Å². The zero-order chi connectivity index (χ0) is 15.2. The standard InChI is InChI=1S/C14H19N3O3S/c1-9-12-7-11(3-4-13(12)16-14(9)18)21(19,20)17-6-5-10(8-17)15-2/h3-4,7,9-10,15H,5-6,8H2,1-2H3,(H,16,18). The van der Waals surface area contributed by atoms with Crippen LogP contribution in [0.25, 0.3) is 0 Å². The molecule has 21 heavy (non-hydrogen) atoms. The van der Waals surface area contributed by atoms with E-state index in [0.717, 1.165) is 12.0 Å². The number of hydrogen-bond acceptors (Lipinski definition) is 4. The van der Waals surface area contributed by atoms with Crippen LogP contribution in [0.3, 0.4) is 0 Å². The van der Waals surface area contributed by atoms with E-state index in [1.807, 2.05) is 7.05 Å². The average molecular weight is 309 g/mol. The Morgan fingerprint density at radius 3 is 2.81 bits per heavy atom. The minimum absolute atomic E-state index is 0.0871. The monoisotopic (exact) mass is 309 g/mol. The Hall–Kier alpha value is -1.44. The third-order valence-corrected chi connectivity index (χ3v) is 6.20. The summed E-state index contributed by atoms with van der Waals surface area (Å²) in [4.78, 5) is 11.9. The number of anilines is 1. The average Bonchev–Trinajstić information content (AvgIpc) is 3.05. The van der Waals surface area contributed by atoms with Gasteiger partial charge in [-0.05, 0) is 44.2 Å². The van der Waals surface area contributed by atoms with Crippen LogP contribution >= 0.6 is 0 Å². The van der Waals surface area contributed by atoms with Gasteiger partial charge in [0.15, 0.2) is 0 Å². The second kappa shape index (κ2) is 5.08. The molecule has 0 saturated carbocycles. The molecule has 0 radical (unpaired) electrons. The maximum absolute atomic E-state index is 12.7. The molecule has 0 aromatic heterocycles. The quantitative estimate of drug-likeness (QED) is 0.862. The molecule has 2 aliphatic rings. The van der Waals surface area contributed by atoms with Crippen molar-refractivity contribution in [3.05, 3.63) is 23.8 Å². The maximum atomic E-state index is 12.7. The number of amides is 1. The predicted octanol–water partition coefficient (Wildman–Crippen LogP) is 0.725. The normalized spacial score (nSPS) is 25.9. The highest BCUT2D eigenvalue weighted by Crippen LogP contribution is 2.34. The van der Waals surface area contributed by atoms with E-state index in [1.54, 1.807) is 25.1 Å². The lowest BCUT2D eigenvalue weighted by atomic mass is 10.0. The van der Waals surface area contributed by atoms with Crippen LogP contribution in [0.15, 0.2) is 23.1 Å². The van der Waals surface area contributed by atoms with Crippen LogP contribution < -0.4 is 10.6 Å². The Morgan fingerprint density at radius 1 is 1.38 bits per heavy atom. The van der Waals surface area contributed by atoms with Gasteiger partial charge in [0.1, 0.15) is 0 Å². The third kappa shape index (κ3) is 2.35. The Labute approximate surface area is 124 Å². The number of sulfonamides is 1. The van der Waals surface area contributed by atoms with E-state index in [1.165, 1.54) is 4.31 Å². The number of nitrogens with zero attached hydrogens (tertiary/aromatic N) is 1. The molecule has 3 rings (SSSR count). The molecule has 0 aliphatic carbocycles. The van der Waals surface area contributed by atoms with E-state index < -0.39 is 10.0 Å². The maximum Gasteiger partial charge on any atom is 0.243 e. The fourth-order valence-electron chi connectivity index (χ4n) is 2.89. The minimum Gasteiger partial charge on any atom is -0.325 e. The summed E-state index contributed by atoms with van der Waals surface area (Å²) in [7, 11) is -1.65. The van der Waals surface area contributed by atoms with Gasteiger partial charge in [0.05, 0.1) is 10.8 Å². The molecule has 1 fully saturated rings. The predicted molar refractivity (Wildman–Crippen MR) is 79.7 cm³/mol. The van der Waals surface area contributed by atoms with E-state index in [2.05, 4.69) is 10.6 Å². The molecule has 1 amide bonds. The van der Waals surface area contributed by atoms with Gasteiger partial charge in [0.2, 0.25) is 15.9 Å². The van der Waals surface area contributed by atoms with E-state index in [9.17, 15) is 13.2 Å². The van der Waals surface area contributed by atoms with Crippen molar-refractivity contribution in [2.24, 2.45) is 0 Å². The Morgan fingerprint density at radius 2 is 2.14 bits per heavy atom. The van der Waals surface area contributed by atoms with E-state index in [-0.39, 0.29) is 22.8 Å². The Balaban J connectivity index is 1.93. The topological polar surface area (TPSA) is 78.5 Å². The molecular weight excluding hydrogens is 290 g/mol. The van der Waals surface area contributed by atoms with Crippen molar-refractivity contribution < 1.29 is 13.2 Å². The van der Waals surface area contributed by atoms with Gasteiger partial charge in [-0.25, -0.2) is 8.42 Å². The lowest BCUT2D eigenvalue weighted by molar-refractivity contribution is -0.116. The molecule has 6 nitrogen and oxygen atoms in total. The second-order valence-corrected chi connectivity index (χ2v) is 7.54. The molecule has 1 aromatic rings. The van der Waals surface area contributed by atoms with Crippen LogP contribution in [0.5, 0.6) is 0 Å².